The third kappa shape index (κ3) is 3.20. The second-order valence-corrected chi connectivity index (χ2v) is 6.83. The Morgan fingerprint density at radius 2 is 2.08 bits per heavy atom. The highest BCUT2D eigenvalue weighted by Crippen LogP contribution is 2.42. The van der Waals surface area contributed by atoms with Crippen molar-refractivity contribution in [1.82, 2.24) is 4.98 Å². The number of nitrogens with zero attached hydrogens (tertiary/aromatic N) is 1. The molecule has 0 aliphatic carbocycles. The molecule has 0 fully saturated rings. The molecule has 0 bridgehead atoms. The number of pyridine rings is 1. The minimum atomic E-state index is 0.257. The van der Waals surface area contributed by atoms with Crippen molar-refractivity contribution in [3.8, 4) is 11.1 Å². The molecule has 1 aliphatic rings. The van der Waals surface area contributed by atoms with Gasteiger partial charge in [0.05, 0.1) is 5.69 Å². The second-order valence-electron chi connectivity index (χ2n) is 5.99. The number of hydrogen-bond acceptors (Lipinski definition) is 4. The zero-order valence-corrected chi connectivity index (χ0v) is 16.3. The molecule has 0 amide bonds. The van der Waals surface area contributed by atoms with Crippen molar-refractivity contribution >= 4 is 34.6 Å². The lowest BCUT2D eigenvalue weighted by atomic mass is 9.89. The highest BCUT2D eigenvalue weighted by Gasteiger charge is 2.27. The van der Waals surface area contributed by atoms with Crippen molar-refractivity contribution < 1.29 is 4.74 Å². The quantitative estimate of drug-likeness (QED) is 0.741. The van der Waals surface area contributed by atoms with Crippen LogP contribution >= 0.6 is 23.2 Å². The van der Waals surface area contributed by atoms with Crippen LogP contribution in [0.25, 0.3) is 16.7 Å². The van der Waals surface area contributed by atoms with Crippen LogP contribution in [0.15, 0.2) is 36.1 Å². The van der Waals surface area contributed by atoms with Crippen molar-refractivity contribution in [3.05, 3.63) is 63.0 Å². The van der Waals surface area contributed by atoms with E-state index in [0.29, 0.717) is 22.5 Å². The molecule has 0 radical (unpaired) electrons. The summed E-state index contributed by atoms with van der Waals surface area (Å²) in [7, 11) is 0. The van der Waals surface area contributed by atoms with E-state index in [1.807, 2.05) is 25.1 Å². The molecule has 0 saturated carbocycles. The van der Waals surface area contributed by atoms with Crippen molar-refractivity contribution in [1.29, 1.82) is 0 Å². The number of hydrogen-bond donors (Lipinski definition) is 2. The fourth-order valence-electron chi connectivity index (χ4n) is 3.29. The third-order valence-corrected chi connectivity index (χ3v) is 5.01. The fourth-order valence-corrected chi connectivity index (χ4v) is 3.80. The minimum absolute atomic E-state index is 0.257. The van der Waals surface area contributed by atoms with E-state index in [9.17, 15) is 0 Å². The van der Waals surface area contributed by atoms with Crippen LogP contribution in [0, 0.1) is 0 Å². The van der Waals surface area contributed by atoms with Gasteiger partial charge in [0.2, 0.25) is 0 Å². The summed E-state index contributed by atoms with van der Waals surface area (Å²) in [6.07, 6.45) is 4.67. The standard InChI is InChI=1S/C20H21Cl2N3O/c1-3-5-17-12(4-2)19-15(10-26-17)18(14(9-23)20(24)25-19)13-7-6-11(21)8-16(13)22/h3,5-8H,4,9-10,23H2,1-2H3,(H2,24,25)/b5-3-. The number of rotatable bonds is 4. The summed E-state index contributed by atoms with van der Waals surface area (Å²) in [5.74, 6) is 1.24. The Bertz CT molecular complexity index is 920. The summed E-state index contributed by atoms with van der Waals surface area (Å²) in [6, 6.07) is 5.40. The van der Waals surface area contributed by atoms with E-state index < -0.39 is 0 Å². The summed E-state index contributed by atoms with van der Waals surface area (Å²) in [4.78, 5) is 4.66. The molecular formula is C20H21Cl2N3O. The Hall–Kier alpha value is -2.01. The smallest absolute Gasteiger partial charge is 0.129 e. The molecule has 4 N–H and O–H groups in total. The van der Waals surface area contributed by atoms with Gasteiger partial charge in [0.1, 0.15) is 18.2 Å². The molecule has 6 heteroatoms. The lowest BCUT2D eigenvalue weighted by Crippen LogP contribution is -2.16. The van der Waals surface area contributed by atoms with E-state index in [2.05, 4.69) is 11.9 Å². The summed E-state index contributed by atoms with van der Waals surface area (Å²) in [6.45, 7) is 4.67. The van der Waals surface area contributed by atoms with E-state index in [4.69, 9.17) is 39.4 Å². The molecule has 136 valence electrons. The van der Waals surface area contributed by atoms with Crippen LogP contribution in [0.5, 0.6) is 0 Å². The molecule has 0 spiro atoms. The normalized spacial score (nSPS) is 13.9. The Labute approximate surface area is 163 Å². The molecular weight excluding hydrogens is 369 g/mol. The van der Waals surface area contributed by atoms with Gasteiger partial charge in [0, 0.05) is 44.4 Å². The number of nitrogens with two attached hydrogens (primary N) is 2. The van der Waals surface area contributed by atoms with E-state index in [0.717, 1.165) is 45.7 Å². The number of allylic oxidation sites excluding steroid dienone is 3. The highest BCUT2D eigenvalue weighted by molar-refractivity contribution is 6.36. The molecule has 2 heterocycles. The van der Waals surface area contributed by atoms with Gasteiger partial charge in [0.15, 0.2) is 0 Å². The molecule has 0 atom stereocenters. The minimum Gasteiger partial charge on any atom is -0.488 e. The van der Waals surface area contributed by atoms with Gasteiger partial charge < -0.3 is 16.2 Å². The average Bonchev–Trinajstić information content (AvgIpc) is 2.61. The van der Waals surface area contributed by atoms with Crippen molar-refractivity contribution in [2.24, 2.45) is 5.73 Å². The van der Waals surface area contributed by atoms with Gasteiger partial charge in [-0.25, -0.2) is 4.98 Å². The first-order valence-corrected chi connectivity index (χ1v) is 9.23. The molecule has 1 aromatic heterocycles. The van der Waals surface area contributed by atoms with Gasteiger partial charge in [-0.1, -0.05) is 42.3 Å². The van der Waals surface area contributed by atoms with Crippen LogP contribution in [-0.2, 0) is 17.9 Å². The van der Waals surface area contributed by atoms with Gasteiger partial charge >= 0.3 is 0 Å². The first-order chi connectivity index (χ1) is 12.5. The number of fused-ring (bicyclic) bond motifs is 1. The van der Waals surface area contributed by atoms with Gasteiger partial charge in [-0.05, 0) is 31.6 Å². The summed E-state index contributed by atoms with van der Waals surface area (Å²) in [5, 5.41) is 1.12. The lowest BCUT2D eigenvalue weighted by molar-refractivity contribution is 0.206. The number of anilines is 1. The molecule has 0 saturated heterocycles. The average molecular weight is 390 g/mol. The van der Waals surface area contributed by atoms with Crippen LogP contribution in [0.2, 0.25) is 10.0 Å². The lowest BCUT2D eigenvalue weighted by Gasteiger charge is -2.26. The van der Waals surface area contributed by atoms with Crippen molar-refractivity contribution in [2.45, 2.75) is 33.4 Å². The molecule has 1 aromatic carbocycles. The van der Waals surface area contributed by atoms with E-state index in [1.165, 1.54) is 0 Å². The molecule has 2 aromatic rings. The highest BCUT2D eigenvalue weighted by atomic mass is 35.5. The SMILES string of the molecule is C/C=C\C1=C(CC)c2nc(N)c(CN)c(-c3ccc(Cl)cc3Cl)c2CO1. The van der Waals surface area contributed by atoms with Gasteiger partial charge in [-0.15, -0.1) is 0 Å². The number of benzene rings is 1. The Morgan fingerprint density at radius 1 is 1.31 bits per heavy atom. The Kier molecular flexibility index (Phi) is 5.56. The van der Waals surface area contributed by atoms with E-state index in [1.54, 1.807) is 12.1 Å². The maximum atomic E-state index is 6.49. The predicted octanol–water partition coefficient (Wildman–Crippen LogP) is 5.32. The van der Waals surface area contributed by atoms with E-state index >= 15 is 0 Å². The molecule has 3 rings (SSSR count). The topological polar surface area (TPSA) is 74.2 Å². The number of ether oxygens (including phenoxy) is 1. The van der Waals surface area contributed by atoms with Gasteiger partial charge in [-0.3, -0.25) is 0 Å². The Balaban J connectivity index is 2.36. The van der Waals surface area contributed by atoms with Crippen LogP contribution < -0.4 is 11.5 Å². The summed E-state index contributed by atoms with van der Waals surface area (Å²) >= 11 is 12.6. The van der Waals surface area contributed by atoms with E-state index in [-0.39, 0.29) is 6.54 Å². The largest absolute Gasteiger partial charge is 0.488 e. The van der Waals surface area contributed by atoms with Crippen molar-refractivity contribution in [3.63, 3.8) is 0 Å². The second kappa shape index (κ2) is 7.70. The first-order valence-electron chi connectivity index (χ1n) is 8.47. The molecule has 26 heavy (non-hydrogen) atoms. The Morgan fingerprint density at radius 3 is 2.69 bits per heavy atom. The summed E-state index contributed by atoms with van der Waals surface area (Å²) < 4.78 is 6.02. The number of halogens is 2. The van der Waals surface area contributed by atoms with Gasteiger partial charge in [0.25, 0.3) is 0 Å². The monoisotopic (exact) mass is 389 g/mol. The third-order valence-electron chi connectivity index (χ3n) is 4.46. The fraction of sp³-hybridized carbons (Fsp3) is 0.250. The first kappa shape index (κ1) is 18.8. The van der Waals surface area contributed by atoms with Crippen LogP contribution in [0.3, 0.4) is 0 Å². The maximum absolute atomic E-state index is 6.49. The van der Waals surface area contributed by atoms with Crippen LogP contribution in [-0.4, -0.2) is 4.98 Å². The van der Waals surface area contributed by atoms with Crippen molar-refractivity contribution in [2.75, 3.05) is 5.73 Å². The zero-order chi connectivity index (χ0) is 18.8. The summed E-state index contributed by atoms with van der Waals surface area (Å²) in [5.41, 5.74) is 17.6. The number of nitrogen functional groups attached to an aromatic ring is 1. The molecule has 1 aliphatic heterocycles. The molecule has 0 unspecified atom stereocenters. The number of aromatic nitrogens is 1. The van der Waals surface area contributed by atoms with Crippen LogP contribution in [0.1, 0.15) is 37.1 Å². The maximum Gasteiger partial charge on any atom is 0.129 e. The van der Waals surface area contributed by atoms with Crippen LogP contribution in [0.4, 0.5) is 5.82 Å². The van der Waals surface area contributed by atoms with Gasteiger partial charge in [-0.2, -0.15) is 0 Å². The zero-order valence-electron chi connectivity index (χ0n) is 14.8. The molecule has 4 nitrogen and oxygen atoms in total. The predicted molar refractivity (Wildman–Crippen MR) is 109 cm³/mol.